The van der Waals surface area contributed by atoms with Crippen LogP contribution in [0, 0.1) is 0 Å². The molecule has 2 N–H and O–H groups in total. The SMILES string of the molecule is Cn1nccc1CNC1CC(C)(C)NC(C)(C)C1. The zero-order valence-corrected chi connectivity index (χ0v) is 12.2. The number of hydrogen-bond donors (Lipinski definition) is 2. The molecule has 1 saturated heterocycles. The van der Waals surface area contributed by atoms with Crippen molar-refractivity contribution in [1.82, 2.24) is 20.4 Å². The third-order valence-electron chi connectivity index (χ3n) is 3.68. The third-order valence-corrected chi connectivity index (χ3v) is 3.68. The number of rotatable bonds is 3. The van der Waals surface area contributed by atoms with Gasteiger partial charge in [0, 0.05) is 36.9 Å². The predicted octanol–water partition coefficient (Wildman–Crippen LogP) is 1.82. The van der Waals surface area contributed by atoms with Crippen molar-refractivity contribution in [3.8, 4) is 0 Å². The van der Waals surface area contributed by atoms with Gasteiger partial charge in [0.05, 0.1) is 5.69 Å². The van der Waals surface area contributed by atoms with E-state index in [-0.39, 0.29) is 11.1 Å². The Hall–Kier alpha value is -0.870. The van der Waals surface area contributed by atoms with Gasteiger partial charge in [0.2, 0.25) is 0 Å². The minimum Gasteiger partial charge on any atom is -0.308 e. The summed E-state index contributed by atoms with van der Waals surface area (Å²) in [6.07, 6.45) is 4.18. The summed E-state index contributed by atoms with van der Waals surface area (Å²) in [5, 5.41) is 11.6. The van der Waals surface area contributed by atoms with Crippen molar-refractivity contribution in [3.63, 3.8) is 0 Å². The van der Waals surface area contributed by atoms with E-state index in [1.807, 2.05) is 17.9 Å². The largest absolute Gasteiger partial charge is 0.308 e. The molecule has 2 rings (SSSR count). The van der Waals surface area contributed by atoms with Crippen LogP contribution < -0.4 is 10.6 Å². The van der Waals surface area contributed by atoms with Gasteiger partial charge >= 0.3 is 0 Å². The molecule has 1 aliphatic rings. The first-order valence-electron chi connectivity index (χ1n) is 6.77. The molecule has 18 heavy (non-hydrogen) atoms. The zero-order chi connectivity index (χ0) is 13.4. The van der Waals surface area contributed by atoms with Crippen LogP contribution in [0.1, 0.15) is 46.2 Å². The number of hydrogen-bond acceptors (Lipinski definition) is 3. The minimum absolute atomic E-state index is 0.200. The van der Waals surface area contributed by atoms with Crippen LogP contribution in [0.2, 0.25) is 0 Å². The maximum atomic E-state index is 4.20. The second-order valence-electron chi connectivity index (χ2n) is 6.82. The Labute approximate surface area is 110 Å². The van der Waals surface area contributed by atoms with Crippen LogP contribution in [0.3, 0.4) is 0 Å². The number of nitrogens with zero attached hydrogens (tertiary/aromatic N) is 2. The molecular weight excluding hydrogens is 224 g/mol. The van der Waals surface area contributed by atoms with E-state index in [0.717, 1.165) is 19.4 Å². The summed E-state index contributed by atoms with van der Waals surface area (Å²) < 4.78 is 1.93. The molecule has 0 unspecified atom stereocenters. The number of aromatic nitrogens is 2. The summed E-state index contributed by atoms with van der Waals surface area (Å²) in [6, 6.07) is 2.64. The molecule has 1 fully saturated rings. The molecule has 0 aromatic carbocycles. The number of aryl methyl sites for hydroxylation is 1. The van der Waals surface area contributed by atoms with Gasteiger partial charge in [-0.3, -0.25) is 4.68 Å². The van der Waals surface area contributed by atoms with Gasteiger partial charge in [-0.1, -0.05) is 0 Å². The average molecular weight is 250 g/mol. The van der Waals surface area contributed by atoms with Crippen molar-refractivity contribution < 1.29 is 0 Å². The molecule has 0 spiro atoms. The maximum absolute atomic E-state index is 4.20. The van der Waals surface area contributed by atoms with Crippen LogP contribution in [0.4, 0.5) is 0 Å². The van der Waals surface area contributed by atoms with Gasteiger partial charge in [-0.2, -0.15) is 5.10 Å². The first kappa shape index (κ1) is 13.6. The lowest BCUT2D eigenvalue weighted by Crippen LogP contribution is -2.61. The van der Waals surface area contributed by atoms with Crippen LogP contribution >= 0.6 is 0 Å². The molecule has 102 valence electrons. The summed E-state index contributed by atoms with van der Waals surface area (Å²) in [7, 11) is 1.99. The van der Waals surface area contributed by atoms with Crippen molar-refractivity contribution >= 4 is 0 Å². The summed E-state index contributed by atoms with van der Waals surface area (Å²) in [4.78, 5) is 0. The molecule has 2 heterocycles. The van der Waals surface area contributed by atoms with Gasteiger partial charge < -0.3 is 10.6 Å². The quantitative estimate of drug-likeness (QED) is 0.860. The number of nitrogens with one attached hydrogen (secondary N) is 2. The molecule has 1 aromatic rings. The summed E-state index contributed by atoms with van der Waals surface area (Å²) in [6.45, 7) is 10.0. The van der Waals surface area contributed by atoms with Crippen molar-refractivity contribution in [2.45, 2.75) is 64.2 Å². The van der Waals surface area contributed by atoms with Crippen molar-refractivity contribution in [2.24, 2.45) is 7.05 Å². The Morgan fingerprint density at radius 3 is 2.44 bits per heavy atom. The third kappa shape index (κ3) is 3.33. The second-order valence-corrected chi connectivity index (χ2v) is 6.82. The van der Waals surface area contributed by atoms with E-state index in [2.05, 4.69) is 49.5 Å². The van der Waals surface area contributed by atoms with Crippen LogP contribution in [0.25, 0.3) is 0 Å². The highest BCUT2D eigenvalue weighted by atomic mass is 15.3. The molecule has 4 nitrogen and oxygen atoms in total. The molecule has 1 aromatic heterocycles. The van der Waals surface area contributed by atoms with Gasteiger partial charge in [-0.25, -0.2) is 0 Å². The van der Waals surface area contributed by atoms with Crippen molar-refractivity contribution in [2.75, 3.05) is 0 Å². The monoisotopic (exact) mass is 250 g/mol. The molecule has 0 atom stereocenters. The fourth-order valence-corrected chi connectivity index (χ4v) is 3.29. The van der Waals surface area contributed by atoms with E-state index < -0.39 is 0 Å². The summed E-state index contributed by atoms with van der Waals surface area (Å²) in [5.74, 6) is 0. The van der Waals surface area contributed by atoms with Crippen LogP contribution in [0.5, 0.6) is 0 Å². The lowest BCUT2D eigenvalue weighted by molar-refractivity contribution is 0.145. The van der Waals surface area contributed by atoms with Gasteiger partial charge in [0.1, 0.15) is 0 Å². The fourth-order valence-electron chi connectivity index (χ4n) is 3.29. The van der Waals surface area contributed by atoms with Gasteiger partial charge in [0.15, 0.2) is 0 Å². The zero-order valence-electron chi connectivity index (χ0n) is 12.2. The smallest absolute Gasteiger partial charge is 0.0518 e. The van der Waals surface area contributed by atoms with E-state index in [0.29, 0.717) is 6.04 Å². The molecule has 4 heteroatoms. The molecule has 0 bridgehead atoms. The Kier molecular flexibility index (Phi) is 3.52. The Balaban J connectivity index is 1.95. The Morgan fingerprint density at radius 2 is 1.94 bits per heavy atom. The average Bonchev–Trinajstić information content (AvgIpc) is 2.56. The summed E-state index contributed by atoms with van der Waals surface area (Å²) in [5.41, 5.74) is 1.64. The Morgan fingerprint density at radius 1 is 1.33 bits per heavy atom. The van der Waals surface area contributed by atoms with Crippen LogP contribution in [-0.4, -0.2) is 26.9 Å². The highest BCUT2D eigenvalue weighted by Gasteiger charge is 2.37. The minimum atomic E-state index is 0.200. The van der Waals surface area contributed by atoms with E-state index in [1.54, 1.807) is 0 Å². The van der Waals surface area contributed by atoms with Crippen molar-refractivity contribution in [3.05, 3.63) is 18.0 Å². The molecule has 0 radical (unpaired) electrons. The second kappa shape index (κ2) is 4.67. The van der Waals surface area contributed by atoms with E-state index >= 15 is 0 Å². The predicted molar refractivity (Wildman–Crippen MR) is 74.4 cm³/mol. The van der Waals surface area contributed by atoms with E-state index in [4.69, 9.17) is 0 Å². The molecule has 0 amide bonds. The van der Waals surface area contributed by atoms with Gasteiger partial charge in [-0.05, 0) is 46.6 Å². The van der Waals surface area contributed by atoms with E-state index in [9.17, 15) is 0 Å². The molecule has 0 saturated carbocycles. The summed E-state index contributed by atoms with van der Waals surface area (Å²) >= 11 is 0. The fraction of sp³-hybridized carbons (Fsp3) is 0.786. The normalized spacial score (nSPS) is 23.2. The lowest BCUT2D eigenvalue weighted by atomic mass is 9.79. The molecule has 1 aliphatic heterocycles. The van der Waals surface area contributed by atoms with Crippen molar-refractivity contribution in [1.29, 1.82) is 0 Å². The Bertz CT molecular complexity index is 390. The topological polar surface area (TPSA) is 41.9 Å². The van der Waals surface area contributed by atoms with Gasteiger partial charge in [0.25, 0.3) is 0 Å². The molecule has 0 aliphatic carbocycles. The first-order valence-corrected chi connectivity index (χ1v) is 6.77. The lowest BCUT2D eigenvalue weighted by Gasteiger charge is -2.46. The van der Waals surface area contributed by atoms with Gasteiger partial charge in [-0.15, -0.1) is 0 Å². The highest BCUT2D eigenvalue weighted by molar-refractivity contribution is 5.03. The standard InChI is InChI=1S/C14H26N4/c1-13(2)8-11(9-14(3,4)17-13)15-10-12-6-7-16-18(12)5/h6-7,11,15,17H,8-10H2,1-5H3. The number of piperidine rings is 1. The van der Waals surface area contributed by atoms with E-state index in [1.165, 1.54) is 5.69 Å². The first-order chi connectivity index (χ1) is 8.27. The van der Waals surface area contributed by atoms with Crippen LogP contribution in [0.15, 0.2) is 12.3 Å². The molecular formula is C14H26N4. The van der Waals surface area contributed by atoms with Crippen LogP contribution in [-0.2, 0) is 13.6 Å². The maximum Gasteiger partial charge on any atom is 0.0518 e. The highest BCUT2D eigenvalue weighted by Crippen LogP contribution is 2.28.